The molecule has 4 nitrogen and oxygen atoms in total. The van der Waals surface area contributed by atoms with Gasteiger partial charge in [-0.15, -0.1) is 11.3 Å². The van der Waals surface area contributed by atoms with Gasteiger partial charge in [-0.25, -0.2) is 9.37 Å². The number of aromatic nitrogens is 1. The molecule has 1 amide bonds. The molecule has 3 N–H and O–H groups in total. The second kappa shape index (κ2) is 4.62. The van der Waals surface area contributed by atoms with Gasteiger partial charge in [0.1, 0.15) is 5.82 Å². The number of nitrogens with zero attached hydrogens (tertiary/aromatic N) is 1. The number of thiazole rings is 1. The van der Waals surface area contributed by atoms with Crippen LogP contribution >= 0.6 is 11.3 Å². The quantitative estimate of drug-likeness (QED) is 0.847. The van der Waals surface area contributed by atoms with Gasteiger partial charge in [0, 0.05) is 22.5 Å². The molecule has 0 saturated heterocycles. The van der Waals surface area contributed by atoms with Crippen LogP contribution in [0.25, 0.3) is 0 Å². The van der Waals surface area contributed by atoms with Crippen LogP contribution in [0.3, 0.4) is 0 Å². The maximum atomic E-state index is 13.2. The zero-order valence-electron chi connectivity index (χ0n) is 10.0. The molecule has 0 radical (unpaired) electrons. The van der Waals surface area contributed by atoms with E-state index in [1.807, 2.05) is 5.38 Å². The van der Waals surface area contributed by atoms with Crippen LogP contribution in [0.5, 0.6) is 0 Å². The minimum absolute atomic E-state index is 0.195. The summed E-state index contributed by atoms with van der Waals surface area (Å²) in [4.78, 5) is 16.3. The molecule has 0 aliphatic heterocycles. The lowest BCUT2D eigenvalue weighted by molar-refractivity contribution is 0.102. The Labute approximate surface area is 113 Å². The lowest BCUT2D eigenvalue weighted by atomic mass is 10.2. The maximum absolute atomic E-state index is 13.2. The highest BCUT2D eigenvalue weighted by molar-refractivity contribution is 7.14. The largest absolute Gasteiger partial charge is 0.399 e. The topological polar surface area (TPSA) is 68.0 Å². The predicted octanol–water partition coefficient (Wildman–Crippen LogP) is 2.99. The second-order valence-corrected chi connectivity index (χ2v) is 5.44. The van der Waals surface area contributed by atoms with Crippen molar-refractivity contribution in [2.45, 2.75) is 18.8 Å². The monoisotopic (exact) mass is 277 g/mol. The van der Waals surface area contributed by atoms with Crippen LogP contribution in [0.1, 0.15) is 34.8 Å². The zero-order chi connectivity index (χ0) is 13.4. The first-order valence-corrected chi connectivity index (χ1v) is 6.82. The highest BCUT2D eigenvalue weighted by Gasteiger charge is 2.26. The number of hydrogen-bond donors (Lipinski definition) is 2. The van der Waals surface area contributed by atoms with Crippen molar-refractivity contribution in [2.75, 3.05) is 11.1 Å². The van der Waals surface area contributed by atoms with Crippen LogP contribution in [0.4, 0.5) is 15.2 Å². The maximum Gasteiger partial charge on any atom is 0.257 e. The third-order valence-corrected chi connectivity index (χ3v) is 3.70. The lowest BCUT2D eigenvalue weighted by Gasteiger charge is -2.03. The van der Waals surface area contributed by atoms with Gasteiger partial charge in [-0.3, -0.25) is 10.1 Å². The normalized spacial score (nSPS) is 14.4. The van der Waals surface area contributed by atoms with E-state index in [-0.39, 0.29) is 11.3 Å². The third-order valence-electron chi connectivity index (χ3n) is 2.92. The molecule has 2 aromatic rings. The van der Waals surface area contributed by atoms with E-state index in [1.165, 1.54) is 23.5 Å². The smallest absolute Gasteiger partial charge is 0.257 e. The van der Waals surface area contributed by atoms with Gasteiger partial charge in [0.15, 0.2) is 5.13 Å². The molecular weight excluding hydrogens is 265 g/mol. The Hall–Kier alpha value is -1.95. The van der Waals surface area contributed by atoms with Crippen LogP contribution in [0.2, 0.25) is 0 Å². The van der Waals surface area contributed by atoms with Gasteiger partial charge in [0.25, 0.3) is 5.91 Å². The average molecular weight is 277 g/mol. The molecule has 3 rings (SSSR count). The molecule has 0 bridgehead atoms. The fourth-order valence-electron chi connectivity index (χ4n) is 1.82. The fourth-order valence-corrected chi connectivity index (χ4v) is 2.61. The van der Waals surface area contributed by atoms with Crippen molar-refractivity contribution >= 4 is 28.1 Å². The molecule has 1 aromatic heterocycles. The van der Waals surface area contributed by atoms with Crippen molar-refractivity contribution in [3.63, 3.8) is 0 Å². The van der Waals surface area contributed by atoms with Gasteiger partial charge in [0.2, 0.25) is 0 Å². The van der Waals surface area contributed by atoms with Crippen molar-refractivity contribution in [1.82, 2.24) is 4.98 Å². The summed E-state index contributed by atoms with van der Waals surface area (Å²) >= 11 is 1.38. The van der Waals surface area contributed by atoms with E-state index in [0.29, 0.717) is 11.0 Å². The first kappa shape index (κ1) is 12.1. The Kier molecular flexibility index (Phi) is 2.94. The molecule has 1 heterocycles. The summed E-state index contributed by atoms with van der Waals surface area (Å²) in [7, 11) is 0. The number of nitrogens with two attached hydrogens (primary N) is 1. The Morgan fingerprint density at radius 1 is 1.42 bits per heavy atom. The van der Waals surface area contributed by atoms with Crippen LogP contribution < -0.4 is 11.1 Å². The van der Waals surface area contributed by atoms with Crippen LogP contribution in [0.15, 0.2) is 23.6 Å². The number of anilines is 2. The summed E-state index contributed by atoms with van der Waals surface area (Å²) in [5.74, 6) is -0.377. The van der Waals surface area contributed by atoms with Gasteiger partial charge >= 0.3 is 0 Å². The summed E-state index contributed by atoms with van der Waals surface area (Å²) < 4.78 is 13.2. The second-order valence-electron chi connectivity index (χ2n) is 4.58. The van der Waals surface area contributed by atoms with Crippen molar-refractivity contribution < 1.29 is 9.18 Å². The van der Waals surface area contributed by atoms with Crippen molar-refractivity contribution in [3.8, 4) is 0 Å². The first-order valence-electron chi connectivity index (χ1n) is 5.94. The Morgan fingerprint density at radius 2 is 2.21 bits per heavy atom. The summed E-state index contributed by atoms with van der Waals surface area (Å²) in [5.41, 5.74) is 6.96. The van der Waals surface area contributed by atoms with Crippen LogP contribution in [-0.4, -0.2) is 10.9 Å². The first-order chi connectivity index (χ1) is 9.11. The predicted molar refractivity (Wildman–Crippen MR) is 72.9 cm³/mol. The number of nitrogen functional groups attached to an aromatic ring is 1. The van der Waals surface area contributed by atoms with E-state index >= 15 is 0 Å². The number of amides is 1. The molecule has 1 saturated carbocycles. The van der Waals surface area contributed by atoms with Gasteiger partial charge < -0.3 is 5.73 Å². The van der Waals surface area contributed by atoms with Crippen molar-refractivity contribution in [2.24, 2.45) is 0 Å². The molecule has 1 aliphatic carbocycles. The van der Waals surface area contributed by atoms with Crippen LogP contribution in [0, 0.1) is 5.82 Å². The highest BCUT2D eigenvalue weighted by Crippen LogP contribution is 2.40. The number of carbonyl (C=O) groups excluding carboxylic acids is 1. The number of carbonyl (C=O) groups is 1. The third kappa shape index (κ3) is 2.73. The number of halogens is 1. The Balaban J connectivity index is 1.75. The van der Waals surface area contributed by atoms with Crippen molar-refractivity contribution in [3.05, 3.63) is 40.7 Å². The summed E-state index contributed by atoms with van der Waals surface area (Å²) in [5, 5.41) is 5.15. The summed E-state index contributed by atoms with van der Waals surface area (Å²) in [6.07, 6.45) is 2.33. The molecule has 0 unspecified atom stereocenters. The van der Waals surface area contributed by atoms with Crippen LogP contribution in [-0.2, 0) is 0 Å². The van der Waals surface area contributed by atoms with Gasteiger partial charge in [-0.1, -0.05) is 0 Å². The SMILES string of the molecule is Nc1cc(F)cc(C(=O)Nc2nc(C3CC3)cs2)c1. The lowest BCUT2D eigenvalue weighted by Crippen LogP contribution is -2.12. The number of hydrogen-bond acceptors (Lipinski definition) is 4. The molecule has 6 heteroatoms. The number of rotatable bonds is 3. The zero-order valence-corrected chi connectivity index (χ0v) is 10.8. The summed E-state index contributed by atoms with van der Waals surface area (Å²) in [6.45, 7) is 0. The molecule has 0 atom stereocenters. The van der Waals surface area contributed by atoms with E-state index in [4.69, 9.17) is 5.73 Å². The molecule has 1 fully saturated rings. The average Bonchev–Trinajstić information content (AvgIpc) is 3.09. The molecule has 98 valence electrons. The van der Waals surface area contributed by atoms with E-state index in [2.05, 4.69) is 10.3 Å². The van der Waals surface area contributed by atoms with E-state index < -0.39 is 11.7 Å². The molecule has 19 heavy (non-hydrogen) atoms. The fraction of sp³-hybridized carbons (Fsp3) is 0.231. The molecule has 0 spiro atoms. The number of nitrogens with one attached hydrogen (secondary N) is 1. The highest BCUT2D eigenvalue weighted by atomic mass is 32.1. The van der Waals surface area contributed by atoms with Crippen molar-refractivity contribution in [1.29, 1.82) is 0 Å². The van der Waals surface area contributed by atoms with E-state index in [0.717, 1.165) is 24.6 Å². The van der Waals surface area contributed by atoms with Gasteiger partial charge in [0.05, 0.1) is 5.69 Å². The minimum atomic E-state index is -0.525. The van der Waals surface area contributed by atoms with Gasteiger partial charge in [-0.2, -0.15) is 0 Å². The van der Waals surface area contributed by atoms with E-state index in [9.17, 15) is 9.18 Å². The number of benzene rings is 1. The molecule has 1 aromatic carbocycles. The molecule has 1 aliphatic rings. The Morgan fingerprint density at radius 3 is 2.89 bits per heavy atom. The van der Waals surface area contributed by atoms with Gasteiger partial charge in [-0.05, 0) is 31.0 Å². The standard InChI is InChI=1S/C13H12FN3OS/c14-9-3-8(4-10(15)5-9)12(18)17-13-16-11(6-19-13)7-1-2-7/h3-7H,1-2,15H2,(H,16,17,18). The summed E-state index contributed by atoms with van der Waals surface area (Å²) in [6, 6.07) is 3.76. The molecular formula is C13H12FN3OS. The van der Waals surface area contributed by atoms with E-state index in [1.54, 1.807) is 0 Å². The Bertz CT molecular complexity index is 616. The minimum Gasteiger partial charge on any atom is -0.399 e.